The second kappa shape index (κ2) is 6.71. The number of carbonyl (C=O) groups excluding carboxylic acids is 1. The Labute approximate surface area is 111 Å². The van der Waals surface area contributed by atoms with Gasteiger partial charge in [0.25, 0.3) is 0 Å². The van der Waals surface area contributed by atoms with Gasteiger partial charge in [-0.1, -0.05) is 25.6 Å². The Balaban J connectivity index is 2.53. The number of nitrogens with one attached hydrogen (secondary N) is 1. The summed E-state index contributed by atoms with van der Waals surface area (Å²) in [6, 6.07) is 0. The fraction of sp³-hybridized carbons (Fsp3) is 0.500. The summed E-state index contributed by atoms with van der Waals surface area (Å²) in [6.45, 7) is 4.60. The molecular formula is C12H18N2OS2. The Morgan fingerprint density at radius 1 is 1.59 bits per heavy atom. The van der Waals surface area contributed by atoms with Gasteiger partial charge < -0.3 is 11.1 Å². The molecule has 3 nitrogen and oxygen atoms in total. The molecule has 0 fully saturated rings. The predicted molar refractivity (Wildman–Crippen MR) is 76.1 cm³/mol. The summed E-state index contributed by atoms with van der Waals surface area (Å²) in [7, 11) is 0. The highest BCUT2D eigenvalue weighted by atomic mass is 32.1. The molecule has 0 radical (unpaired) electrons. The molecule has 17 heavy (non-hydrogen) atoms. The molecule has 0 saturated heterocycles. The zero-order chi connectivity index (χ0) is 12.8. The van der Waals surface area contributed by atoms with E-state index in [1.165, 1.54) is 5.56 Å². The molecule has 3 N–H and O–H groups in total. The minimum atomic E-state index is -0.339. The Morgan fingerprint density at radius 2 is 2.29 bits per heavy atom. The lowest BCUT2D eigenvalue weighted by atomic mass is 10.0. The van der Waals surface area contributed by atoms with Crippen LogP contribution in [0, 0.1) is 12.8 Å². The van der Waals surface area contributed by atoms with Crippen molar-refractivity contribution < 1.29 is 4.79 Å². The van der Waals surface area contributed by atoms with E-state index in [-0.39, 0.29) is 16.8 Å². The van der Waals surface area contributed by atoms with Crippen LogP contribution in [0.3, 0.4) is 0 Å². The Kier molecular flexibility index (Phi) is 5.58. The van der Waals surface area contributed by atoms with Gasteiger partial charge in [-0.25, -0.2) is 0 Å². The minimum Gasteiger partial charge on any atom is -0.393 e. The molecule has 0 bridgehead atoms. The van der Waals surface area contributed by atoms with E-state index >= 15 is 0 Å². The molecule has 0 saturated carbocycles. The lowest BCUT2D eigenvalue weighted by Crippen LogP contribution is -2.37. The summed E-state index contributed by atoms with van der Waals surface area (Å²) in [5.41, 5.74) is 7.94. The number of nitrogens with two attached hydrogens (primary N) is 1. The lowest BCUT2D eigenvalue weighted by Gasteiger charge is -2.14. The van der Waals surface area contributed by atoms with E-state index in [0.29, 0.717) is 13.0 Å². The van der Waals surface area contributed by atoms with Gasteiger partial charge in [0.1, 0.15) is 0 Å². The van der Waals surface area contributed by atoms with Gasteiger partial charge >= 0.3 is 0 Å². The van der Waals surface area contributed by atoms with E-state index < -0.39 is 0 Å². The standard InChI is InChI=1S/C12H18N2OS2/c1-3-4-10(11(13)16)12(15)14-5-9-7-17-6-8(9)2/h6-7,10H,3-5H2,1-2H3,(H2,13,16)(H,14,15). The van der Waals surface area contributed by atoms with Crippen LogP contribution in [-0.4, -0.2) is 10.9 Å². The van der Waals surface area contributed by atoms with Gasteiger partial charge in [-0.3, -0.25) is 4.79 Å². The van der Waals surface area contributed by atoms with E-state index in [4.69, 9.17) is 18.0 Å². The largest absolute Gasteiger partial charge is 0.393 e. The van der Waals surface area contributed by atoms with Crippen LogP contribution in [0.15, 0.2) is 10.8 Å². The third kappa shape index (κ3) is 4.09. The monoisotopic (exact) mass is 270 g/mol. The molecule has 0 aromatic carbocycles. The van der Waals surface area contributed by atoms with Crippen molar-refractivity contribution in [3.63, 3.8) is 0 Å². The average molecular weight is 270 g/mol. The molecule has 0 aliphatic rings. The molecule has 1 heterocycles. The second-order valence-corrected chi connectivity index (χ2v) is 5.26. The van der Waals surface area contributed by atoms with Gasteiger partial charge in [-0.05, 0) is 35.2 Å². The van der Waals surface area contributed by atoms with Gasteiger partial charge in [-0.2, -0.15) is 11.3 Å². The van der Waals surface area contributed by atoms with Crippen molar-refractivity contribution in [1.82, 2.24) is 5.32 Å². The lowest BCUT2D eigenvalue weighted by molar-refractivity contribution is -0.123. The van der Waals surface area contributed by atoms with Crippen molar-refractivity contribution in [3.8, 4) is 0 Å². The first kappa shape index (κ1) is 14.1. The van der Waals surface area contributed by atoms with Gasteiger partial charge in [0.15, 0.2) is 0 Å². The number of amides is 1. The quantitative estimate of drug-likeness (QED) is 0.780. The minimum absolute atomic E-state index is 0.0649. The van der Waals surface area contributed by atoms with Gasteiger partial charge in [0, 0.05) is 6.54 Å². The fourth-order valence-electron chi connectivity index (χ4n) is 1.56. The van der Waals surface area contributed by atoms with Crippen LogP contribution in [0.5, 0.6) is 0 Å². The number of thiophene rings is 1. The van der Waals surface area contributed by atoms with Crippen LogP contribution in [-0.2, 0) is 11.3 Å². The van der Waals surface area contributed by atoms with Crippen LogP contribution >= 0.6 is 23.6 Å². The third-order valence-corrected chi connectivity index (χ3v) is 3.85. The van der Waals surface area contributed by atoms with E-state index in [1.54, 1.807) is 11.3 Å². The van der Waals surface area contributed by atoms with Crippen LogP contribution in [0.25, 0.3) is 0 Å². The van der Waals surface area contributed by atoms with Gasteiger partial charge in [-0.15, -0.1) is 0 Å². The Bertz CT molecular complexity index is 401. The number of hydrogen-bond donors (Lipinski definition) is 2. The van der Waals surface area contributed by atoms with Crippen LogP contribution in [0.1, 0.15) is 30.9 Å². The summed E-state index contributed by atoms with van der Waals surface area (Å²) in [5, 5.41) is 7.01. The summed E-state index contributed by atoms with van der Waals surface area (Å²) >= 11 is 6.56. The SMILES string of the molecule is CCCC(C(=O)NCc1cscc1C)C(N)=S. The first-order valence-electron chi connectivity index (χ1n) is 5.65. The zero-order valence-corrected chi connectivity index (χ0v) is 11.8. The highest BCUT2D eigenvalue weighted by molar-refractivity contribution is 7.80. The van der Waals surface area contributed by atoms with Crippen molar-refractivity contribution in [1.29, 1.82) is 0 Å². The average Bonchev–Trinajstić information content (AvgIpc) is 2.68. The highest BCUT2D eigenvalue weighted by Gasteiger charge is 2.20. The summed E-state index contributed by atoms with van der Waals surface area (Å²) in [5.74, 6) is -0.404. The smallest absolute Gasteiger partial charge is 0.230 e. The molecule has 0 aliphatic heterocycles. The molecule has 1 amide bonds. The Hall–Kier alpha value is -0.940. The van der Waals surface area contributed by atoms with Crippen LogP contribution in [0.4, 0.5) is 0 Å². The van der Waals surface area contributed by atoms with Gasteiger partial charge in [0.2, 0.25) is 5.91 Å². The second-order valence-electron chi connectivity index (χ2n) is 4.04. The molecule has 1 aromatic heterocycles. The molecule has 1 aromatic rings. The topological polar surface area (TPSA) is 55.1 Å². The zero-order valence-electron chi connectivity index (χ0n) is 10.2. The maximum atomic E-state index is 11.9. The van der Waals surface area contributed by atoms with Crippen molar-refractivity contribution in [2.45, 2.75) is 33.2 Å². The van der Waals surface area contributed by atoms with Crippen LogP contribution < -0.4 is 11.1 Å². The van der Waals surface area contributed by atoms with Crippen molar-refractivity contribution in [3.05, 3.63) is 21.9 Å². The molecule has 0 spiro atoms. The number of aryl methyl sites for hydroxylation is 1. The number of hydrogen-bond acceptors (Lipinski definition) is 3. The molecule has 1 unspecified atom stereocenters. The molecule has 1 rings (SSSR count). The third-order valence-electron chi connectivity index (χ3n) is 2.65. The maximum absolute atomic E-state index is 11.9. The molecule has 5 heteroatoms. The first-order chi connectivity index (χ1) is 8.06. The Morgan fingerprint density at radius 3 is 2.76 bits per heavy atom. The summed E-state index contributed by atoms with van der Waals surface area (Å²) < 4.78 is 0. The number of thiocarbonyl (C=S) groups is 1. The van der Waals surface area contributed by atoms with Crippen molar-refractivity contribution in [2.75, 3.05) is 0 Å². The fourth-order valence-corrected chi connectivity index (χ4v) is 2.65. The van der Waals surface area contributed by atoms with Crippen LogP contribution in [0.2, 0.25) is 0 Å². The predicted octanol–water partition coefficient (Wildman–Crippen LogP) is 2.38. The van der Waals surface area contributed by atoms with E-state index in [9.17, 15) is 4.79 Å². The van der Waals surface area contributed by atoms with Crippen molar-refractivity contribution >= 4 is 34.5 Å². The van der Waals surface area contributed by atoms with Crippen molar-refractivity contribution in [2.24, 2.45) is 11.7 Å². The summed E-state index contributed by atoms with van der Waals surface area (Å²) in [6.07, 6.45) is 1.61. The van der Waals surface area contributed by atoms with E-state index in [1.807, 2.05) is 19.2 Å². The maximum Gasteiger partial charge on any atom is 0.230 e. The molecule has 94 valence electrons. The number of rotatable bonds is 6. The summed E-state index contributed by atoms with van der Waals surface area (Å²) in [4.78, 5) is 12.2. The van der Waals surface area contributed by atoms with E-state index in [2.05, 4.69) is 10.7 Å². The highest BCUT2D eigenvalue weighted by Crippen LogP contribution is 2.14. The van der Waals surface area contributed by atoms with Gasteiger partial charge in [0.05, 0.1) is 10.9 Å². The number of carbonyl (C=O) groups is 1. The van der Waals surface area contributed by atoms with E-state index in [0.717, 1.165) is 12.0 Å². The first-order valence-corrected chi connectivity index (χ1v) is 7.00. The molecule has 1 atom stereocenters. The molecule has 0 aliphatic carbocycles. The normalized spacial score (nSPS) is 12.1. The molecular weight excluding hydrogens is 252 g/mol.